The Morgan fingerprint density at radius 1 is 1.25 bits per heavy atom. The molecule has 122 valence electrons. The van der Waals surface area contributed by atoms with Crippen molar-refractivity contribution in [2.75, 3.05) is 6.61 Å². The number of hydrogen-bond acceptors (Lipinski definition) is 5. The lowest BCUT2D eigenvalue weighted by Gasteiger charge is -2.07. The largest absolute Gasteiger partial charge is 0.478 e. The average molecular weight is 323 g/mol. The fourth-order valence-electron chi connectivity index (χ4n) is 2.18. The van der Waals surface area contributed by atoms with Crippen LogP contribution in [0.1, 0.15) is 22.8 Å². The highest BCUT2D eigenvalue weighted by atomic mass is 16.5. The predicted molar refractivity (Wildman–Crippen MR) is 88.5 cm³/mol. The molecule has 3 aromatic heterocycles. The lowest BCUT2D eigenvalue weighted by atomic mass is 10.2. The van der Waals surface area contributed by atoms with Crippen LogP contribution in [0, 0.1) is 0 Å². The Kier molecular flexibility index (Phi) is 4.86. The summed E-state index contributed by atoms with van der Waals surface area (Å²) in [5.41, 5.74) is 2.15. The Hall–Kier alpha value is -3.15. The third-order valence-electron chi connectivity index (χ3n) is 3.34. The number of pyridine rings is 2. The number of amides is 1. The molecule has 0 spiro atoms. The van der Waals surface area contributed by atoms with E-state index >= 15 is 0 Å². The molecule has 6 heteroatoms. The van der Waals surface area contributed by atoms with E-state index in [1.165, 1.54) is 6.20 Å². The first-order chi connectivity index (χ1) is 11.8. The van der Waals surface area contributed by atoms with Gasteiger partial charge >= 0.3 is 0 Å². The van der Waals surface area contributed by atoms with E-state index in [2.05, 4.69) is 15.3 Å². The maximum absolute atomic E-state index is 12.2. The molecule has 24 heavy (non-hydrogen) atoms. The number of aromatic nitrogens is 2. The van der Waals surface area contributed by atoms with Crippen LogP contribution in [0.4, 0.5) is 0 Å². The second-order valence-electron chi connectivity index (χ2n) is 5.03. The second-order valence-corrected chi connectivity index (χ2v) is 5.03. The van der Waals surface area contributed by atoms with Gasteiger partial charge in [-0.15, -0.1) is 0 Å². The monoisotopic (exact) mass is 323 g/mol. The number of hydrogen-bond donors (Lipinski definition) is 1. The van der Waals surface area contributed by atoms with E-state index in [4.69, 9.17) is 9.15 Å². The number of nitrogens with zero attached hydrogens (tertiary/aromatic N) is 2. The predicted octanol–water partition coefficient (Wildman–Crippen LogP) is 3.07. The van der Waals surface area contributed by atoms with Crippen LogP contribution in [0.5, 0.6) is 5.88 Å². The van der Waals surface area contributed by atoms with E-state index in [-0.39, 0.29) is 5.91 Å². The highest BCUT2D eigenvalue weighted by molar-refractivity contribution is 5.93. The van der Waals surface area contributed by atoms with Crippen molar-refractivity contribution in [2.24, 2.45) is 0 Å². The number of ether oxygens (including phenoxy) is 1. The van der Waals surface area contributed by atoms with Crippen molar-refractivity contribution in [3.8, 4) is 17.3 Å². The van der Waals surface area contributed by atoms with Crippen molar-refractivity contribution >= 4 is 5.91 Å². The Labute approximate surface area is 139 Å². The van der Waals surface area contributed by atoms with Crippen LogP contribution in [0.15, 0.2) is 59.5 Å². The molecule has 3 heterocycles. The molecule has 1 N–H and O–H groups in total. The van der Waals surface area contributed by atoms with Gasteiger partial charge < -0.3 is 14.5 Å². The van der Waals surface area contributed by atoms with Crippen LogP contribution in [-0.2, 0) is 6.54 Å². The topological polar surface area (TPSA) is 77.2 Å². The molecule has 0 atom stereocenters. The van der Waals surface area contributed by atoms with Gasteiger partial charge in [0.2, 0.25) is 5.88 Å². The third kappa shape index (κ3) is 3.78. The van der Waals surface area contributed by atoms with Gasteiger partial charge in [0.1, 0.15) is 5.69 Å². The summed E-state index contributed by atoms with van der Waals surface area (Å²) in [7, 11) is 0. The minimum Gasteiger partial charge on any atom is -0.478 e. The van der Waals surface area contributed by atoms with E-state index in [9.17, 15) is 4.79 Å². The fourth-order valence-corrected chi connectivity index (χ4v) is 2.18. The SMILES string of the molecule is CCOc1ccc(C(=O)NCc2ccnc(-c3ccco3)c2)cn1. The van der Waals surface area contributed by atoms with Gasteiger partial charge in [0.05, 0.1) is 18.4 Å². The molecular weight excluding hydrogens is 306 g/mol. The van der Waals surface area contributed by atoms with Gasteiger partial charge in [-0.2, -0.15) is 0 Å². The number of furan rings is 1. The van der Waals surface area contributed by atoms with E-state index in [0.29, 0.717) is 30.4 Å². The fraction of sp³-hybridized carbons (Fsp3) is 0.167. The van der Waals surface area contributed by atoms with Crippen molar-refractivity contribution in [1.82, 2.24) is 15.3 Å². The zero-order valence-corrected chi connectivity index (χ0v) is 13.2. The summed E-state index contributed by atoms with van der Waals surface area (Å²) in [4.78, 5) is 20.5. The van der Waals surface area contributed by atoms with Crippen molar-refractivity contribution in [2.45, 2.75) is 13.5 Å². The van der Waals surface area contributed by atoms with Crippen LogP contribution in [0.2, 0.25) is 0 Å². The normalized spacial score (nSPS) is 10.4. The molecule has 0 aromatic carbocycles. The summed E-state index contributed by atoms with van der Waals surface area (Å²) in [5, 5.41) is 2.86. The van der Waals surface area contributed by atoms with Gasteiger partial charge in [-0.1, -0.05) is 0 Å². The van der Waals surface area contributed by atoms with Gasteiger partial charge in [0, 0.05) is 25.0 Å². The van der Waals surface area contributed by atoms with E-state index in [1.807, 2.05) is 31.2 Å². The summed E-state index contributed by atoms with van der Waals surface area (Å²) in [6.07, 6.45) is 4.79. The molecule has 3 rings (SSSR count). The third-order valence-corrected chi connectivity index (χ3v) is 3.34. The number of rotatable bonds is 6. The van der Waals surface area contributed by atoms with E-state index < -0.39 is 0 Å². The van der Waals surface area contributed by atoms with Crippen LogP contribution < -0.4 is 10.1 Å². The molecule has 0 aliphatic carbocycles. The number of carbonyl (C=O) groups excluding carboxylic acids is 1. The zero-order valence-electron chi connectivity index (χ0n) is 13.2. The molecule has 0 radical (unpaired) electrons. The lowest BCUT2D eigenvalue weighted by Crippen LogP contribution is -2.23. The van der Waals surface area contributed by atoms with Crippen molar-refractivity contribution in [3.05, 3.63) is 66.2 Å². The maximum atomic E-state index is 12.2. The Bertz CT molecular complexity index is 799. The van der Waals surface area contributed by atoms with Crippen LogP contribution in [0.3, 0.4) is 0 Å². The Morgan fingerprint density at radius 3 is 2.88 bits per heavy atom. The minimum absolute atomic E-state index is 0.193. The highest BCUT2D eigenvalue weighted by Gasteiger charge is 2.08. The summed E-state index contributed by atoms with van der Waals surface area (Å²) in [5.74, 6) is 1.01. The average Bonchev–Trinajstić information content (AvgIpc) is 3.16. The van der Waals surface area contributed by atoms with Gasteiger partial charge in [-0.25, -0.2) is 4.98 Å². The van der Waals surface area contributed by atoms with Gasteiger partial charge in [-0.05, 0) is 42.8 Å². The van der Waals surface area contributed by atoms with Crippen LogP contribution >= 0.6 is 0 Å². The smallest absolute Gasteiger partial charge is 0.253 e. The molecule has 0 unspecified atom stereocenters. The Morgan fingerprint density at radius 2 is 2.17 bits per heavy atom. The summed E-state index contributed by atoms with van der Waals surface area (Å²) in [6.45, 7) is 2.81. The summed E-state index contributed by atoms with van der Waals surface area (Å²) < 4.78 is 10.6. The zero-order chi connectivity index (χ0) is 16.8. The first-order valence-electron chi connectivity index (χ1n) is 7.62. The van der Waals surface area contributed by atoms with Gasteiger partial charge in [0.15, 0.2) is 5.76 Å². The summed E-state index contributed by atoms with van der Waals surface area (Å²) >= 11 is 0. The minimum atomic E-state index is -0.193. The first-order valence-corrected chi connectivity index (χ1v) is 7.62. The van der Waals surface area contributed by atoms with Crippen molar-refractivity contribution < 1.29 is 13.9 Å². The van der Waals surface area contributed by atoms with Crippen LogP contribution in [-0.4, -0.2) is 22.5 Å². The van der Waals surface area contributed by atoms with Gasteiger partial charge in [-0.3, -0.25) is 9.78 Å². The molecule has 3 aromatic rings. The van der Waals surface area contributed by atoms with Crippen molar-refractivity contribution in [3.63, 3.8) is 0 Å². The van der Waals surface area contributed by atoms with E-state index in [0.717, 1.165) is 11.3 Å². The molecule has 0 aliphatic rings. The Balaban J connectivity index is 1.63. The number of nitrogens with one attached hydrogen (secondary N) is 1. The highest BCUT2D eigenvalue weighted by Crippen LogP contribution is 2.18. The molecule has 0 saturated heterocycles. The lowest BCUT2D eigenvalue weighted by molar-refractivity contribution is 0.0950. The standard InChI is InChI=1S/C18H17N3O3/c1-2-23-17-6-5-14(12-20-17)18(22)21-11-13-7-8-19-15(10-13)16-4-3-9-24-16/h3-10,12H,2,11H2,1H3,(H,21,22). The molecule has 1 amide bonds. The van der Waals surface area contributed by atoms with E-state index in [1.54, 1.807) is 24.6 Å². The molecule has 6 nitrogen and oxygen atoms in total. The molecular formula is C18H17N3O3. The molecule has 0 aliphatic heterocycles. The number of carbonyl (C=O) groups is 1. The summed E-state index contributed by atoms with van der Waals surface area (Å²) in [6, 6.07) is 10.8. The van der Waals surface area contributed by atoms with Crippen LogP contribution in [0.25, 0.3) is 11.5 Å². The quantitative estimate of drug-likeness (QED) is 0.754. The second kappa shape index (κ2) is 7.41. The first kappa shape index (κ1) is 15.7. The molecule has 0 fully saturated rings. The molecule has 0 saturated carbocycles. The van der Waals surface area contributed by atoms with Gasteiger partial charge in [0.25, 0.3) is 5.91 Å². The maximum Gasteiger partial charge on any atom is 0.253 e. The molecule has 0 bridgehead atoms. The van der Waals surface area contributed by atoms with Crippen molar-refractivity contribution in [1.29, 1.82) is 0 Å².